The summed E-state index contributed by atoms with van der Waals surface area (Å²) in [6.07, 6.45) is 0. The van der Waals surface area contributed by atoms with Gasteiger partial charge >= 0.3 is 0 Å². The molecule has 0 aliphatic heterocycles. The lowest BCUT2D eigenvalue weighted by molar-refractivity contribution is -0.385. The molecule has 0 aliphatic carbocycles. The summed E-state index contributed by atoms with van der Waals surface area (Å²) in [5, 5.41) is 13.9. The van der Waals surface area contributed by atoms with Crippen LogP contribution in [0.4, 0.5) is 5.69 Å². The number of carbonyl (C=O) groups is 1. The molecule has 2 rings (SSSR count). The number of nitro groups is 1. The van der Waals surface area contributed by atoms with Gasteiger partial charge in [0.25, 0.3) is 11.6 Å². The van der Waals surface area contributed by atoms with Crippen LogP contribution in [0.25, 0.3) is 0 Å². The average Bonchev–Trinajstić information content (AvgIpc) is 2.52. The molecular weight excluding hydrogens is 292 g/mol. The number of nitro benzene ring substituents is 1. The molecule has 2 aromatic rings. The molecule has 0 radical (unpaired) electrons. The molecule has 0 aromatic heterocycles. The quantitative estimate of drug-likeness (QED) is 0.669. The number of nitrogens with one attached hydrogen (secondary N) is 1. The fourth-order valence-electron chi connectivity index (χ4n) is 2.52. The van der Waals surface area contributed by atoms with E-state index in [4.69, 9.17) is 0 Å². The van der Waals surface area contributed by atoms with Gasteiger partial charge in [0.05, 0.1) is 11.0 Å². The second kappa shape index (κ2) is 7.05. The van der Waals surface area contributed by atoms with E-state index < -0.39 is 4.92 Å². The van der Waals surface area contributed by atoms with Crippen molar-refractivity contribution in [3.8, 4) is 0 Å². The van der Waals surface area contributed by atoms with Crippen LogP contribution in [0.15, 0.2) is 48.5 Å². The van der Waals surface area contributed by atoms with Crippen molar-refractivity contribution in [3.63, 3.8) is 0 Å². The van der Waals surface area contributed by atoms with Gasteiger partial charge in [-0.05, 0) is 30.5 Å². The first-order chi connectivity index (χ1) is 10.9. The van der Waals surface area contributed by atoms with E-state index in [0.29, 0.717) is 11.1 Å². The van der Waals surface area contributed by atoms with Crippen LogP contribution < -0.4 is 5.32 Å². The molecule has 1 atom stereocenters. The van der Waals surface area contributed by atoms with Crippen molar-refractivity contribution in [2.75, 3.05) is 0 Å². The van der Waals surface area contributed by atoms with Gasteiger partial charge in [-0.3, -0.25) is 14.9 Å². The van der Waals surface area contributed by atoms with E-state index in [0.717, 1.165) is 5.56 Å². The molecule has 5 heteroatoms. The Kier molecular flexibility index (Phi) is 5.11. The van der Waals surface area contributed by atoms with Crippen molar-refractivity contribution < 1.29 is 9.72 Å². The van der Waals surface area contributed by atoms with Crippen LogP contribution in [0.5, 0.6) is 0 Å². The van der Waals surface area contributed by atoms with Crippen LogP contribution in [-0.4, -0.2) is 10.8 Å². The second-order valence-corrected chi connectivity index (χ2v) is 5.86. The first kappa shape index (κ1) is 16.7. The maximum atomic E-state index is 12.5. The van der Waals surface area contributed by atoms with Crippen molar-refractivity contribution in [2.45, 2.75) is 26.8 Å². The van der Waals surface area contributed by atoms with Crippen LogP contribution in [-0.2, 0) is 0 Å². The number of hydrogen-bond acceptors (Lipinski definition) is 3. The highest BCUT2D eigenvalue weighted by Crippen LogP contribution is 2.23. The molecule has 23 heavy (non-hydrogen) atoms. The zero-order valence-electron chi connectivity index (χ0n) is 13.4. The number of aryl methyl sites for hydroxylation is 1. The maximum absolute atomic E-state index is 12.5. The molecule has 0 heterocycles. The highest BCUT2D eigenvalue weighted by Gasteiger charge is 2.20. The van der Waals surface area contributed by atoms with Crippen molar-refractivity contribution in [1.82, 2.24) is 5.32 Å². The fraction of sp³-hybridized carbons (Fsp3) is 0.278. The van der Waals surface area contributed by atoms with Gasteiger partial charge in [-0.2, -0.15) is 0 Å². The summed E-state index contributed by atoms with van der Waals surface area (Å²) < 4.78 is 0. The van der Waals surface area contributed by atoms with Gasteiger partial charge < -0.3 is 5.32 Å². The molecule has 0 saturated heterocycles. The standard InChI is InChI=1S/C18H20N2O3/c1-12(2)17(14-7-5-4-6-8-14)19-18(21)15-9-10-16(20(22)23)13(3)11-15/h4-12,17H,1-3H3,(H,19,21)/t17-/m0/s1. The van der Waals surface area contributed by atoms with E-state index in [1.54, 1.807) is 13.0 Å². The van der Waals surface area contributed by atoms with Crippen molar-refractivity contribution in [3.05, 3.63) is 75.3 Å². The Hall–Kier alpha value is -2.69. The summed E-state index contributed by atoms with van der Waals surface area (Å²) >= 11 is 0. The molecule has 5 nitrogen and oxygen atoms in total. The van der Waals surface area contributed by atoms with Gasteiger partial charge in [0.2, 0.25) is 0 Å². The van der Waals surface area contributed by atoms with E-state index in [1.807, 2.05) is 44.2 Å². The molecule has 0 aliphatic rings. The normalized spacial score (nSPS) is 12.0. The van der Waals surface area contributed by atoms with Gasteiger partial charge in [-0.25, -0.2) is 0 Å². The van der Waals surface area contributed by atoms with Gasteiger partial charge in [0.1, 0.15) is 0 Å². The number of nitrogens with zero attached hydrogens (tertiary/aromatic N) is 1. The van der Waals surface area contributed by atoms with Gasteiger partial charge in [0, 0.05) is 17.2 Å². The molecule has 0 unspecified atom stereocenters. The summed E-state index contributed by atoms with van der Waals surface area (Å²) in [7, 11) is 0. The molecule has 0 spiro atoms. The molecule has 1 N–H and O–H groups in total. The number of carbonyl (C=O) groups excluding carboxylic acids is 1. The molecule has 1 amide bonds. The van der Waals surface area contributed by atoms with Gasteiger partial charge in [0.15, 0.2) is 0 Å². The van der Waals surface area contributed by atoms with Crippen molar-refractivity contribution in [2.24, 2.45) is 5.92 Å². The summed E-state index contributed by atoms with van der Waals surface area (Å²) in [6, 6.07) is 14.1. The Morgan fingerprint density at radius 3 is 2.30 bits per heavy atom. The van der Waals surface area contributed by atoms with E-state index >= 15 is 0 Å². The monoisotopic (exact) mass is 312 g/mol. The van der Waals surface area contributed by atoms with Crippen LogP contribution in [0.2, 0.25) is 0 Å². The maximum Gasteiger partial charge on any atom is 0.272 e. The van der Waals surface area contributed by atoms with E-state index in [9.17, 15) is 14.9 Å². The summed E-state index contributed by atoms with van der Waals surface area (Å²) in [5.41, 5.74) is 1.96. The van der Waals surface area contributed by atoms with Gasteiger partial charge in [-0.1, -0.05) is 44.2 Å². The lowest BCUT2D eigenvalue weighted by Gasteiger charge is -2.23. The van der Waals surface area contributed by atoms with E-state index in [1.165, 1.54) is 12.1 Å². The topological polar surface area (TPSA) is 72.2 Å². The minimum absolute atomic E-state index is 0.0185. The third-order valence-electron chi connectivity index (χ3n) is 3.77. The predicted octanol–water partition coefficient (Wildman–Crippen LogP) is 4.03. The molecule has 2 aromatic carbocycles. The van der Waals surface area contributed by atoms with Crippen LogP contribution in [0.3, 0.4) is 0 Å². The zero-order chi connectivity index (χ0) is 17.0. The number of rotatable bonds is 5. The summed E-state index contributed by atoms with van der Waals surface area (Å²) in [6.45, 7) is 5.71. The molecule has 0 fully saturated rings. The Morgan fingerprint density at radius 1 is 1.13 bits per heavy atom. The fourth-order valence-corrected chi connectivity index (χ4v) is 2.52. The Labute approximate surface area is 135 Å². The molecular formula is C18H20N2O3. The lowest BCUT2D eigenvalue weighted by Crippen LogP contribution is -2.31. The van der Waals surface area contributed by atoms with Gasteiger partial charge in [-0.15, -0.1) is 0 Å². The zero-order valence-corrected chi connectivity index (χ0v) is 13.4. The smallest absolute Gasteiger partial charge is 0.272 e. The predicted molar refractivity (Wildman–Crippen MR) is 89.3 cm³/mol. The minimum Gasteiger partial charge on any atom is -0.345 e. The van der Waals surface area contributed by atoms with Crippen LogP contribution in [0.1, 0.15) is 41.4 Å². The Morgan fingerprint density at radius 2 is 1.78 bits per heavy atom. The number of benzene rings is 2. The number of hydrogen-bond donors (Lipinski definition) is 1. The second-order valence-electron chi connectivity index (χ2n) is 5.86. The molecule has 0 saturated carbocycles. The first-order valence-corrected chi connectivity index (χ1v) is 7.51. The van der Waals surface area contributed by atoms with Crippen LogP contribution in [0, 0.1) is 23.0 Å². The SMILES string of the molecule is Cc1cc(C(=O)N[C@H](c2ccccc2)C(C)C)ccc1[N+](=O)[O-]. The summed E-state index contributed by atoms with van der Waals surface area (Å²) in [4.78, 5) is 22.9. The average molecular weight is 312 g/mol. The lowest BCUT2D eigenvalue weighted by atomic mass is 9.95. The Bertz CT molecular complexity index is 711. The van der Waals surface area contributed by atoms with E-state index in [2.05, 4.69) is 5.32 Å². The number of amides is 1. The highest BCUT2D eigenvalue weighted by atomic mass is 16.6. The van der Waals surface area contributed by atoms with Crippen molar-refractivity contribution >= 4 is 11.6 Å². The molecule has 0 bridgehead atoms. The highest BCUT2D eigenvalue weighted by molar-refractivity contribution is 5.95. The third-order valence-corrected chi connectivity index (χ3v) is 3.77. The first-order valence-electron chi connectivity index (χ1n) is 7.51. The van der Waals surface area contributed by atoms with Crippen LogP contribution >= 0.6 is 0 Å². The Balaban J connectivity index is 2.23. The van der Waals surface area contributed by atoms with Crippen molar-refractivity contribution in [1.29, 1.82) is 0 Å². The largest absolute Gasteiger partial charge is 0.345 e. The third kappa shape index (κ3) is 3.94. The van der Waals surface area contributed by atoms with E-state index in [-0.39, 0.29) is 23.6 Å². The minimum atomic E-state index is -0.447. The molecule has 120 valence electrons. The summed E-state index contributed by atoms with van der Waals surface area (Å²) in [5.74, 6) is -0.00829.